The lowest BCUT2D eigenvalue weighted by Crippen LogP contribution is -2.22. The minimum atomic E-state index is -3.79. The SMILES string of the molecule is CCOC1OC(=O)C(Cl)=C1S(=O)(=O)Cc1ccccc1. The summed E-state index contributed by atoms with van der Waals surface area (Å²) in [6.45, 7) is 1.87. The van der Waals surface area contributed by atoms with E-state index in [2.05, 4.69) is 0 Å². The van der Waals surface area contributed by atoms with E-state index < -0.39 is 27.1 Å². The maximum absolute atomic E-state index is 12.4. The predicted octanol–water partition coefficient (Wildman–Crippen LogP) is 1.97. The van der Waals surface area contributed by atoms with Crippen LogP contribution in [0.1, 0.15) is 12.5 Å². The van der Waals surface area contributed by atoms with Gasteiger partial charge >= 0.3 is 5.97 Å². The molecule has 1 aliphatic heterocycles. The van der Waals surface area contributed by atoms with Crippen LogP contribution < -0.4 is 0 Å². The first-order valence-electron chi connectivity index (χ1n) is 5.94. The Bertz CT molecular complexity index is 636. The van der Waals surface area contributed by atoms with E-state index in [9.17, 15) is 13.2 Å². The Morgan fingerprint density at radius 2 is 1.95 bits per heavy atom. The molecule has 0 fully saturated rings. The number of ether oxygens (including phenoxy) is 2. The second-order valence-electron chi connectivity index (χ2n) is 4.12. The third-order valence-corrected chi connectivity index (χ3v) is 4.93. The van der Waals surface area contributed by atoms with Crippen LogP contribution in [0.25, 0.3) is 0 Å². The van der Waals surface area contributed by atoms with Gasteiger partial charge in [-0.3, -0.25) is 0 Å². The molecule has 0 aliphatic carbocycles. The Labute approximate surface area is 122 Å². The molecule has 108 valence electrons. The maximum Gasteiger partial charge on any atom is 0.353 e. The topological polar surface area (TPSA) is 69.7 Å². The molecule has 1 aliphatic rings. The lowest BCUT2D eigenvalue weighted by atomic mass is 10.2. The highest BCUT2D eigenvalue weighted by Gasteiger charge is 2.41. The fourth-order valence-corrected chi connectivity index (χ4v) is 3.86. The molecule has 0 amide bonds. The highest BCUT2D eigenvalue weighted by Crippen LogP contribution is 2.32. The molecule has 2 rings (SSSR count). The number of cyclic esters (lactones) is 1. The zero-order chi connectivity index (χ0) is 14.8. The zero-order valence-corrected chi connectivity index (χ0v) is 12.3. The molecule has 1 atom stereocenters. The molecule has 0 saturated heterocycles. The highest BCUT2D eigenvalue weighted by atomic mass is 35.5. The van der Waals surface area contributed by atoms with Crippen LogP contribution in [0.15, 0.2) is 40.3 Å². The van der Waals surface area contributed by atoms with Crippen molar-refractivity contribution < 1.29 is 22.7 Å². The fourth-order valence-electron chi connectivity index (χ4n) is 1.82. The number of hydrogen-bond acceptors (Lipinski definition) is 5. The first kappa shape index (κ1) is 15.0. The van der Waals surface area contributed by atoms with E-state index >= 15 is 0 Å². The minimum absolute atomic E-state index is 0.201. The quantitative estimate of drug-likeness (QED) is 0.777. The van der Waals surface area contributed by atoms with Gasteiger partial charge in [-0.05, 0) is 12.5 Å². The van der Waals surface area contributed by atoms with Gasteiger partial charge in [0.15, 0.2) is 9.84 Å². The van der Waals surface area contributed by atoms with Gasteiger partial charge in [-0.2, -0.15) is 0 Å². The minimum Gasteiger partial charge on any atom is -0.426 e. The Balaban J connectivity index is 2.34. The largest absolute Gasteiger partial charge is 0.426 e. The van der Waals surface area contributed by atoms with Crippen LogP contribution in [-0.2, 0) is 29.9 Å². The van der Waals surface area contributed by atoms with E-state index in [0.717, 1.165) is 0 Å². The van der Waals surface area contributed by atoms with Crippen molar-refractivity contribution >= 4 is 27.4 Å². The summed E-state index contributed by atoms with van der Waals surface area (Å²) in [4.78, 5) is 11.1. The standard InChI is InChI=1S/C13H13ClO5S/c1-2-18-13-11(10(14)12(15)19-13)20(16,17)8-9-6-4-3-5-7-9/h3-7,13H,2,8H2,1H3. The molecule has 1 aromatic rings. The van der Waals surface area contributed by atoms with E-state index in [1.807, 2.05) is 0 Å². The summed E-state index contributed by atoms with van der Waals surface area (Å²) in [5, 5.41) is -0.431. The first-order valence-corrected chi connectivity index (χ1v) is 7.97. The lowest BCUT2D eigenvalue weighted by molar-refractivity contribution is -0.157. The number of hydrogen-bond donors (Lipinski definition) is 0. The maximum atomic E-state index is 12.4. The molecule has 1 aromatic carbocycles. The lowest BCUT2D eigenvalue weighted by Gasteiger charge is -2.14. The molecule has 0 saturated carbocycles. The number of halogens is 1. The molecule has 0 radical (unpaired) electrons. The molecule has 7 heteroatoms. The van der Waals surface area contributed by atoms with Crippen molar-refractivity contribution in [2.24, 2.45) is 0 Å². The second kappa shape index (κ2) is 5.95. The Morgan fingerprint density at radius 1 is 1.30 bits per heavy atom. The zero-order valence-electron chi connectivity index (χ0n) is 10.7. The summed E-state index contributed by atoms with van der Waals surface area (Å²) in [6.07, 6.45) is -1.26. The molecule has 0 spiro atoms. The number of carbonyl (C=O) groups is 1. The van der Waals surface area contributed by atoms with Crippen LogP contribution in [0.3, 0.4) is 0 Å². The molecule has 0 bridgehead atoms. The van der Waals surface area contributed by atoms with Gasteiger partial charge in [0.05, 0.1) is 5.75 Å². The van der Waals surface area contributed by atoms with Gasteiger partial charge in [-0.1, -0.05) is 41.9 Å². The Kier molecular flexibility index (Phi) is 4.47. The molecule has 20 heavy (non-hydrogen) atoms. The van der Waals surface area contributed by atoms with Crippen LogP contribution in [0.5, 0.6) is 0 Å². The Morgan fingerprint density at radius 3 is 2.55 bits per heavy atom. The van der Waals surface area contributed by atoms with Crippen LogP contribution in [0.4, 0.5) is 0 Å². The van der Waals surface area contributed by atoms with Crippen molar-refractivity contribution in [2.45, 2.75) is 19.0 Å². The average molecular weight is 317 g/mol. The van der Waals surface area contributed by atoms with Crippen molar-refractivity contribution in [3.8, 4) is 0 Å². The van der Waals surface area contributed by atoms with Crippen LogP contribution in [-0.4, -0.2) is 27.3 Å². The summed E-state index contributed by atoms with van der Waals surface area (Å²) < 4.78 is 34.7. The van der Waals surface area contributed by atoms with Gasteiger partial charge < -0.3 is 9.47 Å². The van der Waals surface area contributed by atoms with Gasteiger partial charge in [0.25, 0.3) is 0 Å². The van der Waals surface area contributed by atoms with Gasteiger partial charge in [0.1, 0.15) is 9.94 Å². The van der Waals surface area contributed by atoms with Gasteiger partial charge in [-0.25, -0.2) is 13.2 Å². The predicted molar refractivity (Wildman–Crippen MR) is 73.5 cm³/mol. The number of sulfone groups is 1. The van der Waals surface area contributed by atoms with Gasteiger partial charge in [0.2, 0.25) is 6.29 Å². The van der Waals surface area contributed by atoms with Crippen LogP contribution in [0.2, 0.25) is 0 Å². The van der Waals surface area contributed by atoms with Crippen molar-refractivity contribution in [1.29, 1.82) is 0 Å². The van der Waals surface area contributed by atoms with E-state index in [1.165, 1.54) is 0 Å². The molecule has 0 aromatic heterocycles. The van der Waals surface area contributed by atoms with Crippen molar-refractivity contribution in [3.05, 3.63) is 45.8 Å². The van der Waals surface area contributed by atoms with Crippen LogP contribution in [0, 0.1) is 0 Å². The van der Waals surface area contributed by atoms with Gasteiger partial charge in [-0.15, -0.1) is 0 Å². The first-order chi connectivity index (χ1) is 9.45. The number of carbonyl (C=O) groups excluding carboxylic acids is 1. The third-order valence-electron chi connectivity index (χ3n) is 2.68. The third kappa shape index (κ3) is 3.03. The highest BCUT2D eigenvalue weighted by molar-refractivity contribution is 7.94. The van der Waals surface area contributed by atoms with Gasteiger partial charge in [0, 0.05) is 6.61 Å². The number of esters is 1. The average Bonchev–Trinajstić information content (AvgIpc) is 2.66. The second-order valence-corrected chi connectivity index (χ2v) is 6.45. The summed E-state index contributed by atoms with van der Waals surface area (Å²) in [6, 6.07) is 8.61. The van der Waals surface area contributed by atoms with E-state index in [-0.39, 0.29) is 17.3 Å². The summed E-state index contributed by atoms with van der Waals surface area (Å²) in [5.74, 6) is -1.14. The van der Waals surface area contributed by atoms with Crippen molar-refractivity contribution in [1.82, 2.24) is 0 Å². The molecule has 0 N–H and O–H groups in total. The summed E-state index contributed by atoms with van der Waals surface area (Å²) in [5.41, 5.74) is 0.596. The molecule has 1 heterocycles. The Hall–Kier alpha value is -1.37. The van der Waals surface area contributed by atoms with E-state index in [1.54, 1.807) is 37.3 Å². The summed E-state index contributed by atoms with van der Waals surface area (Å²) >= 11 is 5.76. The van der Waals surface area contributed by atoms with E-state index in [4.69, 9.17) is 21.1 Å². The molecule has 5 nitrogen and oxygen atoms in total. The monoisotopic (exact) mass is 316 g/mol. The van der Waals surface area contributed by atoms with Crippen molar-refractivity contribution in [2.75, 3.05) is 6.61 Å². The normalized spacial score (nSPS) is 19.3. The number of rotatable bonds is 5. The van der Waals surface area contributed by atoms with Crippen molar-refractivity contribution in [3.63, 3.8) is 0 Å². The molecule has 1 unspecified atom stereocenters. The molecular weight excluding hydrogens is 304 g/mol. The molecular formula is C13H13ClO5S. The fraction of sp³-hybridized carbons (Fsp3) is 0.308. The van der Waals surface area contributed by atoms with Crippen LogP contribution >= 0.6 is 11.6 Å². The smallest absolute Gasteiger partial charge is 0.353 e. The number of benzene rings is 1. The summed E-state index contributed by atoms with van der Waals surface area (Å²) in [7, 11) is -3.79. The van der Waals surface area contributed by atoms with E-state index in [0.29, 0.717) is 5.56 Å².